The van der Waals surface area contributed by atoms with Gasteiger partial charge in [0.2, 0.25) is 5.91 Å². The Morgan fingerprint density at radius 2 is 1.92 bits per heavy atom. The topological polar surface area (TPSA) is 86.9 Å². The van der Waals surface area contributed by atoms with Gasteiger partial charge in [0.25, 0.3) is 0 Å². The summed E-state index contributed by atoms with van der Waals surface area (Å²) >= 11 is 0. The molecule has 1 fully saturated rings. The van der Waals surface area contributed by atoms with Gasteiger partial charge in [0.15, 0.2) is 0 Å². The molecular formula is C18H24N4O4. The zero-order chi connectivity index (χ0) is 18.7. The number of aromatic amines is 1. The molecule has 1 aromatic heterocycles. The van der Waals surface area contributed by atoms with Gasteiger partial charge in [0, 0.05) is 37.6 Å². The molecule has 1 amide bonds. The molecule has 2 N–H and O–H groups in total. The second kappa shape index (κ2) is 7.76. The van der Waals surface area contributed by atoms with E-state index in [1.54, 1.807) is 19.2 Å². The van der Waals surface area contributed by atoms with Crippen molar-refractivity contribution in [1.29, 1.82) is 0 Å². The predicted molar refractivity (Wildman–Crippen MR) is 98.8 cm³/mol. The number of benzene rings is 1. The van der Waals surface area contributed by atoms with Crippen LogP contribution in [0.1, 0.15) is 10.5 Å². The largest absolute Gasteiger partial charge is 0.497 e. The van der Waals surface area contributed by atoms with Crippen LogP contribution in [-0.4, -0.2) is 80.7 Å². The molecule has 1 aliphatic heterocycles. The first-order valence-corrected chi connectivity index (χ1v) is 8.50. The van der Waals surface area contributed by atoms with Gasteiger partial charge in [0.05, 0.1) is 32.0 Å². The first-order valence-electron chi connectivity index (χ1n) is 8.50. The van der Waals surface area contributed by atoms with Gasteiger partial charge in [0.1, 0.15) is 11.4 Å². The van der Waals surface area contributed by atoms with Crippen LogP contribution in [0.3, 0.4) is 0 Å². The molecule has 3 rings (SSSR count). The number of hydrogen-bond donors (Lipinski definition) is 2. The number of nitrogens with one attached hydrogen (secondary N) is 2. The van der Waals surface area contributed by atoms with Gasteiger partial charge < -0.3 is 24.7 Å². The quantitative estimate of drug-likeness (QED) is 0.778. The zero-order valence-electron chi connectivity index (χ0n) is 15.3. The molecular weight excluding hydrogens is 336 g/mol. The van der Waals surface area contributed by atoms with E-state index >= 15 is 0 Å². The van der Waals surface area contributed by atoms with Crippen LogP contribution in [0.25, 0.3) is 10.9 Å². The molecule has 2 aromatic rings. The second-order valence-electron chi connectivity index (χ2n) is 6.41. The van der Waals surface area contributed by atoms with Gasteiger partial charge in [-0.2, -0.15) is 0 Å². The highest BCUT2D eigenvalue weighted by Gasteiger charge is 2.22. The summed E-state index contributed by atoms with van der Waals surface area (Å²) in [6.07, 6.45) is 0. The van der Waals surface area contributed by atoms with E-state index in [0.717, 1.165) is 31.6 Å². The van der Waals surface area contributed by atoms with E-state index in [-0.39, 0.29) is 18.1 Å². The number of carbonyl (C=O) groups excluding carboxylic acids is 2. The van der Waals surface area contributed by atoms with E-state index in [4.69, 9.17) is 9.47 Å². The Morgan fingerprint density at radius 3 is 2.58 bits per heavy atom. The summed E-state index contributed by atoms with van der Waals surface area (Å²) in [6, 6.07) is 5.37. The monoisotopic (exact) mass is 360 g/mol. The minimum absolute atomic E-state index is 0.156. The maximum Gasteiger partial charge on any atom is 0.356 e. The lowest BCUT2D eigenvalue weighted by Crippen LogP contribution is -2.47. The number of methoxy groups -OCH3 is 2. The van der Waals surface area contributed by atoms with Crippen molar-refractivity contribution in [2.45, 2.75) is 0 Å². The zero-order valence-corrected chi connectivity index (χ0v) is 15.3. The standard InChI is InChI=1S/C18H24N4O4/c1-21-6-8-22(9-7-21)11-15(23)20-16-13-5-4-12(25-2)10-14(13)19-17(16)18(24)26-3/h4-5,10,19H,6-9,11H2,1-3H3,(H,20,23). The molecule has 0 saturated carbocycles. The fourth-order valence-electron chi connectivity index (χ4n) is 3.08. The van der Waals surface area contributed by atoms with Crippen molar-refractivity contribution in [2.75, 3.05) is 59.3 Å². The van der Waals surface area contributed by atoms with E-state index in [1.807, 2.05) is 6.07 Å². The van der Waals surface area contributed by atoms with Gasteiger partial charge in [-0.05, 0) is 19.2 Å². The molecule has 0 bridgehead atoms. The van der Waals surface area contributed by atoms with E-state index < -0.39 is 5.97 Å². The first-order chi connectivity index (χ1) is 12.5. The van der Waals surface area contributed by atoms with Crippen LogP contribution in [0.4, 0.5) is 5.69 Å². The molecule has 0 unspecified atom stereocenters. The van der Waals surface area contributed by atoms with Crippen molar-refractivity contribution in [3.63, 3.8) is 0 Å². The number of nitrogens with zero attached hydrogens (tertiary/aromatic N) is 2. The normalized spacial score (nSPS) is 15.8. The molecule has 0 radical (unpaired) electrons. The Balaban J connectivity index is 1.83. The number of anilines is 1. The summed E-state index contributed by atoms with van der Waals surface area (Å²) in [5.41, 5.74) is 1.36. The van der Waals surface area contributed by atoms with Crippen molar-refractivity contribution in [1.82, 2.24) is 14.8 Å². The summed E-state index contributed by atoms with van der Waals surface area (Å²) in [5, 5.41) is 3.61. The highest BCUT2D eigenvalue weighted by Crippen LogP contribution is 2.31. The van der Waals surface area contributed by atoms with Crippen molar-refractivity contribution >= 4 is 28.5 Å². The number of hydrogen-bond acceptors (Lipinski definition) is 6. The fraction of sp³-hybridized carbons (Fsp3) is 0.444. The maximum atomic E-state index is 12.5. The molecule has 1 aromatic carbocycles. The van der Waals surface area contributed by atoms with E-state index in [2.05, 4.69) is 27.1 Å². The molecule has 0 atom stereocenters. The number of esters is 1. The highest BCUT2D eigenvalue weighted by molar-refractivity contribution is 6.11. The Morgan fingerprint density at radius 1 is 1.19 bits per heavy atom. The summed E-state index contributed by atoms with van der Waals surface area (Å²) in [5.74, 6) is -0.0306. The smallest absolute Gasteiger partial charge is 0.356 e. The summed E-state index contributed by atoms with van der Waals surface area (Å²) in [4.78, 5) is 32.0. The van der Waals surface area contributed by atoms with Gasteiger partial charge in [-0.1, -0.05) is 0 Å². The average molecular weight is 360 g/mol. The number of rotatable bonds is 5. The third kappa shape index (κ3) is 3.81. The molecule has 26 heavy (non-hydrogen) atoms. The molecule has 2 heterocycles. The van der Waals surface area contributed by atoms with Crippen LogP contribution in [0, 0.1) is 0 Å². The lowest BCUT2D eigenvalue weighted by Gasteiger charge is -2.31. The SMILES string of the molecule is COC(=O)c1[nH]c2cc(OC)ccc2c1NC(=O)CN1CCN(C)CC1. The third-order valence-electron chi connectivity index (χ3n) is 4.62. The molecule has 0 aliphatic carbocycles. The van der Waals surface area contributed by atoms with Crippen LogP contribution in [0.15, 0.2) is 18.2 Å². The minimum atomic E-state index is -0.532. The summed E-state index contributed by atoms with van der Waals surface area (Å²) in [7, 11) is 4.95. The van der Waals surface area contributed by atoms with Crippen LogP contribution in [-0.2, 0) is 9.53 Å². The summed E-state index contributed by atoms with van der Waals surface area (Å²) in [6.45, 7) is 3.86. The average Bonchev–Trinajstić information content (AvgIpc) is 3.00. The lowest BCUT2D eigenvalue weighted by atomic mass is 10.2. The van der Waals surface area contributed by atoms with E-state index in [9.17, 15) is 9.59 Å². The Hall–Kier alpha value is -2.58. The number of fused-ring (bicyclic) bond motifs is 1. The molecule has 140 valence electrons. The van der Waals surface area contributed by atoms with Crippen molar-refractivity contribution in [2.24, 2.45) is 0 Å². The number of piperazine rings is 1. The number of aromatic nitrogens is 1. The first kappa shape index (κ1) is 18.2. The second-order valence-corrected chi connectivity index (χ2v) is 6.41. The Bertz CT molecular complexity index is 809. The van der Waals surface area contributed by atoms with Gasteiger partial charge in [-0.15, -0.1) is 0 Å². The maximum absolute atomic E-state index is 12.5. The van der Waals surface area contributed by atoms with Crippen molar-refractivity contribution < 1.29 is 19.1 Å². The molecule has 1 saturated heterocycles. The number of H-pyrrole nitrogens is 1. The lowest BCUT2D eigenvalue weighted by molar-refractivity contribution is -0.117. The minimum Gasteiger partial charge on any atom is -0.497 e. The van der Waals surface area contributed by atoms with Crippen LogP contribution >= 0.6 is 0 Å². The van der Waals surface area contributed by atoms with Gasteiger partial charge in [-0.3, -0.25) is 9.69 Å². The molecule has 0 spiro atoms. The predicted octanol–water partition coefficient (Wildman–Crippen LogP) is 1.15. The van der Waals surface area contributed by atoms with Crippen LogP contribution in [0.5, 0.6) is 5.75 Å². The van der Waals surface area contributed by atoms with Gasteiger partial charge >= 0.3 is 5.97 Å². The highest BCUT2D eigenvalue weighted by atomic mass is 16.5. The van der Waals surface area contributed by atoms with E-state index in [1.165, 1.54) is 7.11 Å². The van der Waals surface area contributed by atoms with E-state index in [0.29, 0.717) is 17.0 Å². The van der Waals surface area contributed by atoms with Crippen molar-refractivity contribution in [3.05, 3.63) is 23.9 Å². The number of likely N-dealkylation sites (N-methyl/N-ethyl adjacent to an activating group) is 1. The van der Waals surface area contributed by atoms with Gasteiger partial charge in [-0.25, -0.2) is 4.79 Å². The number of ether oxygens (including phenoxy) is 2. The Labute approximate surface area is 152 Å². The number of carbonyl (C=O) groups is 2. The number of amides is 1. The molecule has 8 nitrogen and oxygen atoms in total. The Kier molecular flexibility index (Phi) is 5.43. The molecule has 1 aliphatic rings. The third-order valence-corrected chi connectivity index (χ3v) is 4.62. The summed E-state index contributed by atoms with van der Waals surface area (Å²) < 4.78 is 10.1. The van der Waals surface area contributed by atoms with Crippen molar-refractivity contribution in [3.8, 4) is 5.75 Å². The van der Waals surface area contributed by atoms with Crippen LogP contribution < -0.4 is 10.1 Å². The van der Waals surface area contributed by atoms with Crippen LogP contribution in [0.2, 0.25) is 0 Å². The molecule has 8 heteroatoms. The fourth-order valence-corrected chi connectivity index (χ4v) is 3.08.